The van der Waals surface area contributed by atoms with E-state index < -0.39 is 0 Å². The van der Waals surface area contributed by atoms with Crippen LogP contribution >= 0.6 is 0 Å². The van der Waals surface area contributed by atoms with E-state index in [1.54, 1.807) is 0 Å². The Bertz CT molecular complexity index is 668. The maximum absolute atomic E-state index is 12.9. The first-order chi connectivity index (χ1) is 12.6. The first kappa shape index (κ1) is 20.0. The van der Waals surface area contributed by atoms with Gasteiger partial charge in [0.15, 0.2) is 0 Å². The lowest BCUT2D eigenvalue weighted by molar-refractivity contribution is -0.132. The van der Waals surface area contributed by atoms with Gasteiger partial charge in [0.05, 0.1) is 0 Å². The third kappa shape index (κ3) is 6.19. The lowest BCUT2D eigenvalue weighted by Gasteiger charge is -2.27. The Kier molecular flexibility index (Phi) is 8.16. The van der Waals surface area contributed by atoms with Crippen molar-refractivity contribution in [2.45, 2.75) is 33.2 Å². The molecule has 2 rings (SSSR count). The van der Waals surface area contributed by atoms with Gasteiger partial charge in [-0.15, -0.1) is 0 Å². The van der Waals surface area contributed by atoms with Crippen LogP contribution < -0.4 is 5.73 Å². The van der Waals surface area contributed by atoms with E-state index in [1.807, 2.05) is 47.4 Å². The minimum absolute atomic E-state index is 0.185. The number of anilines is 1. The van der Waals surface area contributed by atoms with Crippen LogP contribution in [0.4, 0.5) is 5.69 Å². The van der Waals surface area contributed by atoms with Gasteiger partial charge in [-0.3, -0.25) is 4.79 Å². The molecule has 0 bridgehead atoms. The Morgan fingerprint density at radius 1 is 0.923 bits per heavy atom. The highest BCUT2D eigenvalue weighted by molar-refractivity contribution is 5.76. The van der Waals surface area contributed by atoms with E-state index in [1.165, 1.54) is 5.56 Å². The van der Waals surface area contributed by atoms with E-state index in [0.29, 0.717) is 19.4 Å². The molecule has 0 aromatic heterocycles. The number of para-hydroxylation sites is 1. The third-order valence-corrected chi connectivity index (χ3v) is 4.81. The normalized spacial score (nSPS) is 10.9. The highest BCUT2D eigenvalue weighted by atomic mass is 16.2. The molecule has 2 aromatic carbocycles. The highest BCUT2D eigenvalue weighted by Crippen LogP contribution is 2.14. The van der Waals surface area contributed by atoms with Crippen molar-refractivity contribution in [1.82, 2.24) is 9.80 Å². The molecule has 0 saturated heterocycles. The molecule has 0 heterocycles. The second-order valence-corrected chi connectivity index (χ2v) is 6.53. The predicted octanol–water partition coefficient (Wildman–Crippen LogP) is 3.57. The number of carbonyl (C=O) groups is 1. The van der Waals surface area contributed by atoms with E-state index in [2.05, 4.69) is 30.9 Å². The summed E-state index contributed by atoms with van der Waals surface area (Å²) < 4.78 is 0. The van der Waals surface area contributed by atoms with Crippen molar-refractivity contribution in [3.05, 3.63) is 65.7 Å². The summed E-state index contributed by atoms with van der Waals surface area (Å²) in [5.74, 6) is 0.185. The van der Waals surface area contributed by atoms with E-state index in [4.69, 9.17) is 5.73 Å². The van der Waals surface area contributed by atoms with Gasteiger partial charge in [0.25, 0.3) is 0 Å². The monoisotopic (exact) mass is 353 g/mol. The number of likely N-dealkylation sites (N-methyl/N-ethyl adjacent to an activating group) is 1. The summed E-state index contributed by atoms with van der Waals surface area (Å²) in [7, 11) is 0. The van der Waals surface area contributed by atoms with Crippen LogP contribution in [0.1, 0.15) is 31.4 Å². The summed E-state index contributed by atoms with van der Waals surface area (Å²) in [5.41, 5.74) is 8.98. The molecular weight excluding hydrogens is 322 g/mol. The van der Waals surface area contributed by atoms with Crippen LogP contribution in [0.25, 0.3) is 0 Å². The molecule has 0 aliphatic heterocycles. The molecule has 2 N–H and O–H groups in total. The van der Waals surface area contributed by atoms with Crippen LogP contribution in [0.2, 0.25) is 0 Å². The summed E-state index contributed by atoms with van der Waals surface area (Å²) in [6, 6.07) is 18.0. The topological polar surface area (TPSA) is 49.6 Å². The van der Waals surface area contributed by atoms with Crippen LogP contribution in [-0.4, -0.2) is 41.9 Å². The zero-order chi connectivity index (χ0) is 18.8. The van der Waals surface area contributed by atoms with Crippen molar-refractivity contribution >= 4 is 11.6 Å². The molecule has 0 radical (unpaired) electrons. The molecule has 1 amide bonds. The van der Waals surface area contributed by atoms with Crippen molar-refractivity contribution in [1.29, 1.82) is 0 Å². The Hall–Kier alpha value is -2.33. The maximum atomic E-state index is 12.9. The van der Waals surface area contributed by atoms with Crippen LogP contribution in [-0.2, 0) is 17.8 Å². The van der Waals surface area contributed by atoms with Crippen molar-refractivity contribution in [3.63, 3.8) is 0 Å². The Labute approximate surface area is 157 Å². The number of rotatable bonds is 10. The zero-order valence-electron chi connectivity index (χ0n) is 16.0. The van der Waals surface area contributed by atoms with Gasteiger partial charge < -0.3 is 15.5 Å². The fourth-order valence-corrected chi connectivity index (χ4v) is 3.06. The average molecular weight is 354 g/mol. The molecule has 0 spiro atoms. The van der Waals surface area contributed by atoms with Crippen molar-refractivity contribution in [3.8, 4) is 0 Å². The Balaban J connectivity index is 2.01. The molecule has 0 aliphatic rings. The molecular formula is C22H31N3O. The van der Waals surface area contributed by atoms with Crippen molar-refractivity contribution < 1.29 is 4.79 Å². The van der Waals surface area contributed by atoms with Crippen LogP contribution in [0.3, 0.4) is 0 Å². The van der Waals surface area contributed by atoms with Gasteiger partial charge in [-0.2, -0.15) is 0 Å². The second kappa shape index (κ2) is 10.6. The van der Waals surface area contributed by atoms with Gasteiger partial charge >= 0.3 is 0 Å². The van der Waals surface area contributed by atoms with Crippen LogP contribution in [0.5, 0.6) is 0 Å². The molecule has 0 atom stereocenters. The minimum Gasteiger partial charge on any atom is -0.399 e. The van der Waals surface area contributed by atoms with Crippen LogP contribution in [0.15, 0.2) is 54.6 Å². The fourth-order valence-electron chi connectivity index (χ4n) is 3.06. The lowest BCUT2D eigenvalue weighted by atomic mass is 10.1. The fraction of sp³-hybridized carbons (Fsp3) is 0.409. The summed E-state index contributed by atoms with van der Waals surface area (Å²) in [4.78, 5) is 17.2. The average Bonchev–Trinajstić information content (AvgIpc) is 2.67. The molecule has 0 unspecified atom stereocenters. The number of amides is 1. The summed E-state index contributed by atoms with van der Waals surface area (Å²) >= 11 is 0. The van der Waals surface area contributed by atoms with Crippen LogP contribution in [0, 0.1) is 0 Å². The number of nitrogens with two attached hydrogens (primary N) is 1. The SMILES string of the molecule is CCN(CC)CCN(Cc1ccccc1)C(=O)CCc1ccccc1N. The number of aryl methyl sites for hydroxylation is 1. The zero-order valence-corrected chi connectivity index (χ0v) is 16.0. The number of benzene rings is 2. The number of hydrogen-bond donors (Lipinski definition) is 1. The Morgan fingerprint density at radius 2 is 1.58 bits per heavy atom. The highest BCUT2D eigenvalue weighted by Gasteiger charge is 2.15. The third-order valence-electron chi connectivity index (χ3n) is 4.81. The van der Waals surface area contributed by atoms with Gasteiger partial charge in [0, 0.05) is 31.7 Å². The van der Waals surface area contributed by atoms with E-state index in [9.17, 15) is 4.79 Å². The van der Waals surface area contributed by atoms with Gasteiger partial charge in [-0.1, -0.05) is 62.4 Å². The van der Waals surface area contributed by atoms with Gasteiger partial charge in [0.1, 0.15) is 0 Å². The minimum atomic E-state index is 0.185. The van der Waals surface area contributed by atoms with E-state index in [0.717, 1.165) is 37.4 Å². The Morgan fingerprint density at radius 3 is 2.23 bits per heavy atom. The van der Waals surface area contributed by atoms with Crippen molar-refractivity contribution in [2.24, 2.45) is 0 Å². The molecule has 4 heteroatoms. The standard InChI is InChI=1S/C22H31N3O/c1-3-24(4-2)16-17-25(18-19-10-6-5-7-11-19)22(26)15-14-20-12-8-9-13-21(20)23/h5-13H,3-4,14-18,23H2,1-2H3. The van der Waals surface area contributed by atoms with Gasteiger partial charge in [0.2, 0.25) is 5.91 Å². The molecule has 140 valence electrons. The van der Waals surface area contributed by atoms with Gasteiger partial charge in [-0.25, -0.2) is 0 Å². The van der Waals surface area contributed by atoms with Crippen molar-refractivity contribution in [2.75, 3.05) is 31.9 Å². The smallest absolute Gasteiger partial charge is 0.223 e. The summed E-state index contributed by atoms with van der Waals surface area (Å²) in [6.45, 7) is 8.63. The number of carbonyl (C=O) groups excluding carboxylic acids is 1. The summed E-state index contributed by atoms with van der Waals surface area (Å²) in [5, 5.41) is 0. The molecule has 0 aliphatic carbocycles. The molecule has 2 aromatic rings. The number of nitrogens with zero attached hydrogens (tertiary/aromatic N) is 2. The molecule has 0 saturated carbocycles. The first-order valence-corrected chi connectivity index (χ1v) is 9.51. The molecule has 4 nitrogen and oxygen atoms in total. The van der Waals surface area contributed by atoms with Gasteiger partial charge in [-0.05, 0) is 36.7 Å². The first-order valence-electron chi connectivity index (χ1n) is 9.51. The molecule has 26 heavy (non-hydrogen) atoms. The summed E-state index contributed by atoms with van der Waals surface area (Å²) in [6.07, 6.45) is 1.17. The maximum Gasteiger partial charge on any atom is 0.223 e. The van der Waals surface area contributed by atoms with E-state index >= 15 is 0 Å². The predicted molar refractivity (Wildman–Crippen MR) is 109 cm³/mol. The second-order valence-electron chi connectivity index (χ2n) is 6.53. The largest absolute Gasteiger partial charge is 0.399 e. The molecule has 0 fully saturated rings. The number of hydrogen-bond acceptors (Lipinski definition) is 3. The quantitative estimate of drug-likeness (QED) is 0.664. The lowest BCUT2D eigenvalue weighted by Crippen LogP contribution is -2.38. The van der Waals surface area contributed by atoms with E-state index in [-0.39, 0.29) is 5.91 Å². The number of nitrogen functional groups attached to an aromatic ring is 1.